The summed E-state index contributed by atoms with van der Waals surface area (Å²) in [6.07, 6.45) is 11.1. The molecular weight excluding hydrogens is 318 g/mol. The van der Waals surface area contributed by atoms with Crippen molar-refractivity contribution in [1.29, 1.82) is 0 Å². The number of nitrogens with zero attached hydrogens (tertiary/aromatic N) is 2. The molecule has 0 aromatic carbocycles. The molecule has 2 rings (SSSR count). The van der Waals surface area contributed by atoms with Crippen molar-refractivity contribution in [2.24, 2.45) is 0 Å². The van der Waals surface area contributed by atoms with Crippen LogP contribution in [0.25, 0.3) is 0 Å². The zero-order valence-corrected chi connectivity index (χ0v) is 13.6. The smallest absolute Gasteiger partial charge is 0.283 e. The Hall–Kier alpha value is -1.10. The molecule has 0 atom stereocenters. The van der Waals surface area contributed by atoms with Gasteiger partial charge in [0.2, 0.25) is 0 Å². The van der Waals surface area contributed by atoms with E-state index in [-0.39, 0.29) is 5.56 Å². The molecule has 0 bridgehead atoms. The van der Waals surface area contributed by atoms with Gasteiger partial charge in [0.05, 0.1) is 11.9 Å². The summed E-state index contributed by atoms with van der Waals surface area (Å²) in [7, 11) is 0. The van der Waals surface area contributed by atoms with Gasteiger partial charge in [-0.1, -0.05) is 18.6 Å². The van der Waals surface area contributed by atoms with Crippen LogP contribution >= 0.6 is 15.9 Å². The maximum absolute atomic E-state index is 12.0. The fourth-order valence-electron chi connectivity index (χ4n) is 2.45. The van der Waals surface area contributed by atoms with Crippen molar-refractivity contribution in [3.05, 3.63) is 32.7 Å². The Morgan fingerprint density at radius 1 is 1.45 bits per heavy atom. The molecule has 1 aromatic heterocycles. The Balaban J connectivity index is 1.94. The van der Waals surface area contributed by atoms with E-state index in [1.54, 1.807) is 6.20 Å². The summed E-state index contributed by atoms with van der Waals surface area (Å²) in [5, 5.41) is 7.50. The molecule has 110 valence electrons. The predicted molar refractivity (Wildman–Crippen MR) is 86.1 cm³/mol. The molecule has 1 aliphatic carbocycles. The van der Waals surface area contributed by atoms with Gasteiger partial charge in [-0.05, 0) is 54.5 Å². The van der Waals surface area contributed by atoms with Crippen LogP contribution in [-0.2, 0) is 6.54 Å². The topological polar surface area (TPSA) is 46.9 Å². The Kier molecular flexibility index (Phi) is 5.83. The van der Waals surface area contributed by atoms with Crippen LogP contribution in [0.1, 0.15) is 45.4 Å². The lowest BCUT2D eigenvalue weighted by molar-refractivity contribution is 0.566. The number of halogens is 1. The van der Waals surface area contributed by atoms with Crippen molar-refractivity contribution in [2.75, 3.05) is 11.9 Å². The highest BCUT2D eigenvalue weighted by molar-refractivity contribution is 9.10. The normalized spacial score (nSPS) is 15.0. The zero-order chi connectivity index (χ0) is 14.4. The predicted octanol–water partition coefficient (Wildman–Crippen LogP) is 3.72. The van der Waals surface area contributed by atoms with Crippen LogP contribution < -0.4 is 10.9 Å². The van der Waals surface area contributed by atoms with Gasteiger partial charge in [-0.2, -0.15) is 5.10 Å². The fraction of sp³-hybridized carbons (Fsp3) is 0.600. The van der Waals surface area contributed by atoms with Gasteiger partial charge in [-0.3, -0.25) is 4.79 Å². The summed E-state index contributed by atoms with van der Waals surface area (Å²) < 4.78 is 2.08. The number of aryl methyl sites for hydroxylation is 1. The molecule has 1 heterocycles. The fourth-order valence-corrected chi connectivity index (χ4v) is 2.90. The van der Waals surface area contributed by atoms with Gasteiger partial charge in [0.1, 0.15) is 4.47 Å². The van der Waals surface area contributed by atoms with Crippen molar-refractivity contribution in [3.63, 3.8) is 0 Å². The lowest BCUT2D eigenvalue weighted by Crippen LogP contribution is -2.24. The summed E-state index contributed by atoms with van der Waals surface area (Å²) in [5.74, 6) is 0. The SMILES string of the molecule is CCCn1ncc(NCCC2=CCCCC2)c(Br)c1=O. The molecule has 1 N–H and O–H groups in total. The van der Waals surface area contributed by atoms with E-state index in [2.05, 4.69) is 32.4 Å². The van der Waals surface area contributed by atoms with E-state index in [1.165, 1.54) is 35.9 Å². The first kappa shape index (κ1) is 15.3. The monoisotopic (exact) mass is 339 g/mol. The minimum absolute atomic E-state index is 0.0614. The molecule has 0 fully saturated rings. The highest BCUT2D eigenvalue weighted by Gasteiger charge is 2.08. The highest BCUT2D eigenvalue weighted by Crippen LogP contribution is 2.21. The van der Waals surface area contributed by atoms with Crippen molar-refractivity contribution < 1.29 is 0 Å². The Morgan fingerprint density at radius 3 is 3.00 bits per heavy atom. The highest BCUT2D eigenvalue weighted by atomic mass is 79.9. The third-order valence-electron chi connectivity index (χ3n) is 3.57. The molecule has 0 unspecified atom stereocenters. The average Bonchev–Trinajstić information content (AvgIpc) is 2.48. The summed E-state index contributed by atoms with van der Waals surface area (Å²) in [6, 6.07) is 0. The maximum atomic E-state index is 12.0. The van der Waals surface area contributed by atoms with Crippen LogP contribution in [0.4, 0.5) is 5.69 Å². The lowest BCUT2D eigenvalue weighted by Gasteiger charge is -2.14. The number of nitrogens with one attached hydrogen (secondary N) is 1. The van der Waals surface area contributed by atoms with Crippen LogP contribution in [-0.4, -0.2) is 16.3 Å². The molecule has 0 amide bonds. The molecule has 0 aliphatic heterocycles. The molecule has 4 nitrogen and oxygen atoms in total. The number of hydrogen-bond acceptors (Lipinski definition) is 3. The van der Waals surface area contributed by atoms with E-state index >= 15 is 0 Å². The van der Waals surface area contributed by atoms with E-state index in [0.717, 1.165) is 25.1 Å². The minimum atomic E-state index is -0.0614. The Labute approximate surface area is 128 Å². The molecule has 0 radical (unpaired) electrons. The van der Waals surface area contributed by atoms with Crippen molar-refractivity contribution in [3.8, 4) is 0 Å². The molecule has 0 spiro atoms. The van der Waals surface area contributed by atoms with Crippen LogP contribution in [0.5, 0.6) is 0 Å². The first-order valence-corrected chi connectivity index (χ1v) is 8.19. The number of allylic oxidation sites excluding steroid dienone is 1. The minimum Gasteiger partial charge on any atom is -0.382 e. The first-order chi connectivity index (χ1) is 9.72. The maximum Gasteiger partial charge on any atom is 0.283 e. The van der Waals surface area contributed by atoms with Crippen LogP contribution in [0, 0.1) is 0 Å². The summed E-state index contributed by atoms with van der Waals surface area (Å²) in [4.78, 5) is 12.0. The van der Waals surface area contributed by atoms with Crippen molar-refractivity contribution >= 4 is 21.6 Å². The van der Waals surface area contributed by atoms with Crippen molar-refractivity contribution in [2.45, 2.75) is 52.0 Å². The Bertz CT molecular complexity index is 536. The van der Waals surface area contributed by atoms with Gasteiger partial charge in [0.15, 0.2) is 0 Å². The molecule has 0 saturated carbocycles. The van der Waals surface area contributed by atoms with Crippen LogP contribution in [0.3, 0.4) is 0 Å². The number of anilines is 1. The number of rotatable bonds is 6. The lowest BCUT2D eigenvalue weighted by atomic mass is 9.97. The molecule has 0 saturated heterocycles. The zero-order valence-electron chi connectivity index (χ0n) is 12.0. The molecule has 20 heavy (non-hydrogen) atoms. The van der Waals surface area contributed by atoms with Crippen LogP contribution in [0.2, 0.25) is 0 Å². The van der Waals surface area contributed by atoms with Gasteiger partial charge in [0, 0.05) is 13.1 Å². The van der Waals surface area contributed by atoms with Gasteiger partial charge >= 0.3 is 0 Å². The standard InChI is InChI=1S/C15H22BrN3O/c1-2-10-19-15(20)14(16)13(11-18-19)17-9-8-12-6-4-3-5-7-12/h6,11,17H,2-5,7-10H2,1H3. The molecule has 1 aromatic rings. The van der Waals surface area contributed by atoms with E-state index < -0.39 is 0 Å². The second-order valence-corrected chi connectivity index (χ2v) is 5.98. The molecular formula is C15H22BrN3O. The molecule has 5 heteroatoms. The van der Waals surface area contributed by atoms with Crippen LogP contribution in [0.15, 0.2) is 27.1 Å². The van der Waals surface area contributed by atoms with E-state index in [0.29, 0.717) is 11.0 Å². The Morgan fingerprint density at radius 2 is 2.30 bits per heavy atom. The van der Waals surface area contributed by atoms with Gasteiger partial charge in [-0.15, -0.1) is 0 Å². The van der Waals surface area contributed by atoms with E-state index in [4.69, 9.17) is 0 Å². The quantitative estimate of drug-likeness (QED) is 0.803. The second-order valence-electron chi connectivity index (χ2n) is 5.19. The summed E-state index contributed by atoms with van der Waals surface area (Å²) >= 11 is 3.38. The third-order valence-corrected chi connectivity index (χ3v) is 4.33. The van der Waals surface area contributed by atoms with Crippen molar-refractivity contribution in [1.82, 2.24) is 9.78 Å². The first-order valence-electron chi connectivity index (χ1n) is 7.39. The van der Waals surface area contributed by atoms with Gasteiger partial charge < -0.3 is 5.32 Å². The number of aromatic nitrogens is 2. The average molecular weight is 340 g/mol. The van der Waals surface area contributed by atoms with Gasteiger partial charge in [0.25, 0.3) is 5.56 Å². The van der Waals surface area contributed by atoms with Gasteiger partial charge in [-0.25, -0.2) is 4.68 Å². The summed E-state index contributed by atoms with van der Waals surface area (Å²) in [6.45, 7) is 3.54. The van der Waals surface area contributed by atoms with E-state index in [1.807, 2.05) is 6.92 Å². The third kappa shape index (κ3) is 3.95. The second kappa shape index (κ2) is 7.62. The number of hydrogen-bond donors (Lipinski definition) is 1. The largest absolute Gasteiger partial charge is 0.382 e. The van der Waals surface area contributed by atoms with E-state index in [9.17, 15) is 4.79 Å². The summed E-state index contributed by atoms with van der Waals surface area (Å²) in [5.41, 5.74) is 2.26. The molecule has 1 aliphatic rings.